The lowest BCUT2D eigenvalue weighted by Gasteiger charge is -2.62. The lowest BCUT2D eigenvalue weighted by molar-refractivity contribution is -0.404. The summed E-state index contributed by atoms with van der Waals surface area (Å²) in [5.41, 5.74) is -0.0682. The molecular formula is C28H48O5. The molecule has 0 bridgehead atoms. The first kappa shape index (κ1) is 25.4. The number of fused-ring (bicyclic) bond motifs is 5. The summed E-state index contributed by atoms with van der Waals surface area (Å²) in [7, 11) is 0. The van der Waals surface area contributed by atoms with E-state index in [2.05, 4.69) is 20.8 Å². The molecule has 33 heavy (non-hydrogen) atoms. The topological polar surface area (TPSA) is 76.0 Å². The largest absolute Gasteiger partial charge is 0.481 e. The molecule has 0 heterocycles. The van der Waals surface area contributed by atoms with E-state index in [0.717, 1.165) is 32.1 Å². The van der Waals surface area contributed by atoms with Gasteiger partial charge in [-0.05, 0) is 119 Å². The number of carbonyl (C=O) groups is 1. The highest BCUT2D eigenvalue weighted by molar-refractivity contribution is 5.66. The molecular weight excluding hydrogens is 416 g/mol. The quantitative estimate of drug-likeness (QED) is 0.360. The average Bonchev–Trinajstić information content (AvgIpc) is 3.08. The third-order valence-electron chi connectivity index (χ3n) is 10.7. The Bertz CT molecular complexity index is 716. The molecule has 5 heteroatoms. The second-order valence-corrected chi connectivity index (χ2v) is 13.6. The van der Waals surface area contributed by atoms with Gasteiger partial charge in [0.25, 0.3) is 0 Å². The normalized spacial score (nSPS) is 46.2. The SMILES string of the molecule is C[C@H](CCC(=O)O)[C@H]1CC[C@H]2[C@@H]3CC[C@@H]4C[C@H](O)CC[C@]4(C)C3CC(OOC(C)(C)C)[C@]12C. The number of carboxylic acid groups (broad SMARTS) is 1. The van der Waals surface area contributed by atoms with Crippen molar-refractivity contribution in [2.45, 2.75) is 124 Å². The molecule has 10 atom stereocenters. The molecule has 4 aliphatic carbocycles. The summed E-state index contributed by atoms with van der Waals surface area (Å²) in [6.07, 6.45) is 9.81. The molecule has 0 aromatic heterocycles. The van der Waals surface area contributed by atoms with Crippen LogP contribution in [0.15, 0.2) is 0 Å². The molecule has 0 aliphatic heterocycles. The first-order valence-electron chi connectivity index (χ1n) is 13.6. The third kappa shape index (κ3) is 4.63. The van der Waals surface area contributed by atoms with Gasteiger partial charge in [-0.25, -0.2) is 9.78 Å². The van der Waals surface area contributed by atoms with Crippen molar-refractivity contribution < 1.29 is 24.8 Å². The van der Waals surface area contributed by atoms with Crippen molar-refractivity contribution in [2.24, 2.45) is 46.3 Å². The maximum Gasteiger partial charge on any atom is 0.303 e. The summed E-state index contributed by atoms with van der Waals surface area (Å²) < 4.78 is 0. The smallest absolute Gasteiger partial charge is 0.303 e. The fourth-order valence-corrected chi connectivity index (χ4v) is 9.03. The third-order valence-corrected chi connectivity index (χ3v) is 10.7. The Morgan fingerprint density at radius 2 is 1.79 bits per heavy atom. The number of aliphatic hydroxyl groups is 1. The number of hydrogen-bond acceptors (Lipinski definition) is 4. The van der Waals surface area contributed by atoms with E-state index in [1.54, 1.807) is 0 Å². The lowest BCUT2D eigenvalue weighted by atomic mass is 9.43. The van der Waals surface area contributed by atoms with Gasteiger partial charge in [0, 0.05) is 11.8 Å². The van der Waals surface area contributed by atoms with Crippen LogP contribution < -0.4 is 0 Å². The van der Waals surface area contributed by atoms with Crippen LogP contribution in [-0.4, -0.2) is 34.0 Å². The van der Waals surface area contributed by atoms with Crippen molar-refractivity contribution in [3.05, 3.63) is 0 Å². The van der Waals surface area contributed by atoms with Gasteiger partial charge in [-0.1, -0.05) is 20.8 Å². The summed E-state index contributed by atoms with van der Waals surface area (Å²) in [4.78, 5) is 23.7. The zero-order valence-corrected chi connectivity index (χ0v) is 21.8. The molecule has 4 fully saturated rings. The average molecular weight is 465 g/mol. The molecule has 0 radical (unpaired) electrons. The Labute approximate surface area is 200 Å². The number of hydrogen-bond donors (Lipinski definition) is 2. The minimum atomic E-state index is -0.695. The van der Waals surface area contributed by atoms with Gasteiger partial charge in [0.15, 0.2) is 0 Å². The molecule has 0 spiro atoms. The van der Waals surface area contributed by atoms with Crippen LogP contribution in [0.2, 0.25) is 0 Å². The second kappa shape index (κ2) is 9.09. The number of rotatable bonds is 6. The van der Waals surface area contributed by atoms with Crippen molar-refractivity contribution in [3.63, 3.8) is 0 Å². The van der Waals surface area contributed by atoms with E-state index in [0.29, 0.717) is 35.5 Å². The van der Waals surface area contributed by atoms with E-state index in [4.69, 9.17) is 9.78 Å². The highest BCUT2D eigenvalue weighted by Crippen LogP contribution is 2.69. The molecule has 2 unspecified atom stereocenters. The lowest BCUT2D eigenvalue weighted by Crippen LogP contribution is -2.59. The molecule has 4 saturated carbocycles. The predicted molar refractivity (Wildman–Crippen MR) is 128 cm³/mol. The molecule has 0 aromatic carbocycles. The van der Waals surface area contributed by atoms with E-state index in [1.165, 1.54) is 25.7 Å². The molecule has 4 aliphatic rings. The van der Waals surface area contributed by atoms with Crippen LogP contribution in [0.25, 0.3) is 0 Å². The van der Waals surface area contributed by atoms with Crippen molar-refractivity contribution >= 4 is 5.97 Å². The van der Waals surface area contributed by atoms with E-state index in [9.17, 15) is 15.0 Å². The Kier molecular flexibility index (Phi) is 7.01. The monoisotopic (exact) mass is 464 g/mol. The fraction of sp³-hybridized carbons (Fsp3) is 0.964. The van der Waals surface area contributed by atoms with Crippen LogP contribution in [0.4, 0.5) is 0 Å². The van der Waals surface area contributed by atoms with Crippen LogP contribution in [0, 0.1) is 46.3 Å². The van der Waals surface area contributed by atoms with Gasteiger partial charge in [0.05, 0.1) is 17.8 Å². The van der Waals surface area contributed by atoms with E-state index in [1.807, 2.05) is 20.8 Å². The molecule has 0 saturated heterocycles. The summed E-state index contributed by atoms with van der Waals surface area (Å²) in [6.45, 7) is 13.3. The maximum absolute atomic E-state index is 11.3. The van der Waals surface area contributed by atoms with Gasteiger partial charge in [0.1, 0.15) is 0 Å². The maximum atomic E-state index is 11.3. The minimum Gasteiger partial charge on any atom is -0.481 e. The van der Waals surface area contributed by atoms with Crippen LogP contribution >= 0.6 is 0 Å². The zero-order chi connectivity index (χ0) is 24.2. The molecule has 5 nitrogen and oxygen atoms in total. The van der Waals surface area contributed by atoms with Gasteiger partial charge >= 0.3 is 5.97 Å². The first-order chi connectivity index (χ1) is 15.4. The number of aliphatic carboxylic acids is 1. The number of carboxylic acids is 1. The van der Waals surface area contributed by atoms with Crippen molar-refractivity contribution in [3.8, 4) is 0 Å². The predicted octanol–water partition coefficient (Wildman–Crippen LogP) is 6.23. The van der Waals surface area contributed by atoms with Crippen LogP contribution in [-0.2, 0) is 14.6 Å². The molecule has 0 amide bonds. The van der Waals surface area contributed by atoms with E-state index in [-0.39, 0.29) is 35.1 Å². The van der Waals surface area contributed by atoms with Crippen LogP contribution in [0.1, 0.15) is 106 Å². The van der Waals surface area contributed by atoms with Crippen molar-refractivity contribution in [2.75, 3.05) is 0 Å². The minimum absolute atomic E-state index is 0.0156. The Morgan fingerprint density at radius 1 is 1.06 bits per heavy atom. The van der Waals surface area contributed by atoms with Gasteiger partial charge < -0.3 is 10.2 Å². The summed E-state index contributed by atoms with van der Waals surface area (Å²) in [5.74, 6) is 2.68. The molecule has 2 N–H and O–H groups in total. The summed E-state index contributed by atoms with van der Waals surface area (Å²) in [6, 6.07) is 0. The van der Waals surface area contributed by atoms with Crippen molar-refractivity contribution in [1.82, 2.24) is 0 Å². The highest BCUT2D eigenvalue weighted by atomic mass is 17.2. The Morgan fingerprint density at radius 3 is 2.45 bits per heavy atom. The highest BCUT2D eigenvalue weighted by Gasteiger charge is 2.64. The first-order valence-corrected chi connectivity index (χ1v) is 13.6. The standard InChI is InChI=1S/C28H48O5/c1-17(7-12-25(30)31)21-10-11-22-20-9-8-18-15-19(29)13-14-27(18,5)23(20)16-24(28(21,22)6)32-33-26(2,3)4/h17-24,29H,7-16H2,1-6H3,(H,30,31)/t17-,18-,19-,20+,21-,22+,23?,24?,27+,28-/m1/s1. The van der Waals surface area contributed by atoms with Crippen LogP contribution in [0.3, 0.4) is 0 Å². The van der Waals surface area contributed by atoms with Crippen LogP contribution in [0.5, 0.6) is 0 Å². The molecule has 190 valence electrons. The second-order valence-electron chi connectivity index (χ2n) is 13.6. The fourth-order valence-electron chi connectivity index (χ4n) is 9.03. The Hall–Kier alpha value is -0.650. The molecule has 4 rings (SSSR count). The van der Waals surface area contributed by atoms with Gasteiger partial charge in [0.2, 0.25) is 0 Å². The van der Waals surface area contributed by atoms with E-state index < -0.39 is 5.97 Å². The molecule has 0 aromatic rings. The van der Waals surface area contributed by atoms with Gasteiger partial charge in [-0.15, -0.1) is 0 Å². The summed E-state index contributed by atoms with van der Waals surface area (Å²) in [5, 5.41) is 19.7. The zero-order valence-electron chi connectivity index (χ0n) is 21.8. The Balaban J connectivity index is 1.64. The number of aliphatic hydroxyl groups excluding tert-OH is 1. The van der Waals surface area contributed by atoms with Gasteiger partial charge in [-0.2, -0.15) is 0 Å². The summed E-state index contributed by atoms with van der Waals surface area (Å²) >= 11 is 0. The van der Waals surface area contributed by atoms with Gasteiger partial charge in [-0.3, -0.25) is 4.79 Å². The van der Waals surface area contributed by atoms with E-state index >= 15 is 0 Å². The van der Waals surface area contributed by atoms with Crippen molar-refractivity contribution in [1.29, 1.82) is 0 Å².